The third-order valence-electron chi connectivity index (χ3n) is 4.05. The van der Waals surface area contributed by atoms with Crippen molar-refractivity contribution in [3.05, 3.63) is 68.9 Å². The van der Waals surface area contributed by atoms with Crippen LogP contribution in [0.5, 0.6) is 11.5 Å². The molecule has 0 saturated carbocycles. The second-order valence-electron chi connectivity index (χ2n) is 5.86. The van der Waals surface area contributed by atoms with Gasteiger partial charge >= 0.3 is 0 Å². The Bertz CT molecular complexity index is 1080. The third kappa shape index (κ3) is 3.47. The van der Waals surface area contributed by atoms with Crippen molar-refractivity contribution in [1.29, 1.82) is 0 Å². The molecule has 9 nitrogen and oxygen atoms in total. The van der Waals surface area contributed by atoms with Crippen LogP contribution in [0.1, 0.15) is 16.1 Å². The molecule has 0 aliphatic carbocycles. The Balaban J connectivity index is 1.44. The first-order chi connectivity index (χ1) is 13.5. The van der Waals surface area contributed by atoms with Gasteiger partial charge in [0.25, 0.3) is 11.6 Å². The molecule has 0 bridgehead atoms. The van der Waals surface area contributed by atoms with Crippen molar-refractivity contribution >= 4 is 23.2 Å². The molecule has 10 heteroatoms. The molecule has 2 heterocycles. The number of amides is 1. The predicted molar refractivity (Wildman–Crippen MR) is 97.3 cm³/mol. The van der Waals surface area contributed by atoms with Gasteiger partial charge in [-0.3, -0.25) is 14.9 Å². The van der Waals surface area contributed by atoms with E-state index in [0.29, 0.717) is 23.0 Å². The van der Waals surface area contributed by atoms with Crippen LogP contribution >= 0.6 is 11.6 Å². The first-order valence-corrected chi connectivity index (χ1v) is 8.47. The van der Waals surface area contributed by atoms with Crippen LogP contribution in [-0.4, -0.2) is 22.8 Å². The maximum atomic E-state index is 12.2. The first-order valence-electron chi connectivity index (χ1n) is 8.09. The standard InChI is InChI=1S/C18H12ClN3O6/c19-13-3-1-11(5-14(13)22(24)25)18(23)20-8-12-7-16(28-21-12)10-2-4-15-17(6-10)27-9-26-15/h1-7H,8-9H2,(H,20,23). The molecule has 3 aromatic rings. The van der Waals surface area contributed by atoms with E-state index in [9.17, 15) is 14.9 Å². The summed E-state index contributed by atoms with van der Waals surface area (Å²) in [5, 5.41) is 17.5. The van der Waals surface area contributed by atoms with E-state index in [-0.39, 0.29) is 29.6 Å². The number of benzene rings is 2. The van der Waals surface area contributed by atoms with Gasteiger partial charge in [0.15, 0.2) is 17.3 Å². The van der Waals surface area contributed by atoms with E-state index < -0.39 is 10.8 Å². The molecule has 0 radical (unpaired) electrons. The summed E-state index contributed by atoms with van der Waals surface area (Å²) in [5.41, 5.74) is 1.03. The van der Waals surface area contributed by atoms with Gasteiger partial charge in [-0.25, -0.2) is 0 Å². The molecule has 0 unspecified atom stereocenters. The van der Waals surface area contributed by atoms with Gasteiger partial charge in [-0.2, -0.15) is 0 Å². The van der Waals surface area contributed by atoms with E-state index in [2.05, 4.69) is 10.5 Å². The summed E-state index contributed by atoms with van der Waals surface area (Å²) in [7, 11) is 0. The molecule has 1 amide bonds. The molecular weight excluding hydrogens is 390 g/mol. The predicted octanol–water partition coefficient (Wildman–Crippen LogP) is 3.56. The highest BCUT2D eigenvalue weighted by molar-refractivity contribution is 6.32. The number of carbonyl (C=O) groups excluding carboxylic acids is 1. The summed E-state index contributed by atoms with van der Waals surface area (Å²) in [4.78, 5) is 22.5. The number of rotatable bonds is 5. The van der Waals surface area contributed by atoms with Crippen molar-refractivity contribution in [1.82, 2.24) is 10.5 Å². The largest absolute Gasteiger partial charge is 0.454 e. The normalized spacial score (nSPS) is 12.0. The Morgan fingerprint density at radius 1 is 1.18 bits per heavy atom. The van der Waals surface area contributed by atoms with Crippen molar-refractivity contribution in [3.63, 3.8) is 0 Å². The second-order valence-corrected chi connectivity index (χ2v) is 6.26. The topological polar surface area (TPSA) is 117 Å². The monoisotopic (exact) mass is 401 g/mol. The number of nitrogens with zero attached hydrogens (tertiary/aromatic N) is 2. The van der Waals surface area contributed by atoms with Crippen LogP contribution in [0.2, 0.25) is 5.02 Å². The highest BCUT2D eigenvalue weighted by Gasteiger charge is 2.18. The fourth-order valence-electron chi connectivity index (χ4n) is 2.65. The van der Waals surface area contributed by atoms with Crippen molar-refractivity contribution in [3.8, 4) is 22.8 Å². The number of aromatic nitrogens is 1. The lowest BCUT2D eigenvalue weighted by Gasteiger charge is -2.03. The number of ether oxygens (including phenoxy) is 2. The molecular formula is C18H12ClN3O6. The molecule has 0 spiro atoms. The zero-order chi connectivity index (χ0) is 19.7. The van der Waals surface area contributed by atoms with Crippen molar-refractivity contribution in [2.45, 2.75) is 6.54 Å². The van der Waals surface area contributed by atoms with Gasteiger partial charge in [0, 0.05) is 23.3 Å². The van der Waals surface area contributed by atoms with E-state index in [4.69, 9.17) is 25.6 Å². The van der Waals surface area contributed by atoms with Crippen molar-refractivity contribution < 1.29 is 23.7 Å². The maximum absolute atomic E-state index is 12.2. The fourth-order valence-corrected chi connectivity index (χ4v) is 2.83. The summed E-state index contributed by atoms with van der Waals surface area (Å²) in [6.45, 7) is 0.263. The van der Waals surface area contributed by atoms with Gasteiger partial charge in [0.05, 0.1) is 11.5 Å². The number of nitrogens with one attached hydrogen (secondary N) is 1. The lowest BCUT2D eigenvalue weighted by molar-refractivity contribution is -0.384. The van der Waals surface area contributed by atoms with Gasteiger partial charge in [-0.1, -0.05) is 16.8 Å². The number of hydrogen-bond donors (Lipinski definition) is 1. The maximum Gasteiger partial charge on any atom is 0.288 e. The number of halogens is 1. The SMILES string of the molecule is O=C(NCc1cc(-c2ccc3c(c2)OCO3)on1)c1ccc(Cl)c([N+](=O)[O-])c1. The van der Waals surface area contributed by atoms with Crippen LogP contribution in [-0.2, 0) is 6.54 Å². The average Bonchev–Trinajstić information content (AvgIpc) is 3.34. The summed E-state index contributed by atoms with van der Waals surface area (Å²) < 4.78 is 15.9. The first kappa shape index (κ1) is 17.8. The fraction of sp³-hybridized carbons (Fsp3) is 0.111. The Labute approximate surface area is 162 Å². The zero-order valence-corrected chi connectivity index (χ0v) is 14.9. The van der Waals surface area contributed by atoms with E-state index >= 15 is 0 Å². The minimum Gasteiger partial charge on any atom is -0.454 e. The lowest BCUT2D eigenvalue weighted by Crippen LogP contribution is -2.23. The number of hydrogen-bond acceptors (Lipinski definition) is 7. The minimum atomic E-state index is -0.644. The summed E-state index contributed by atoms with van der Waals surface area (Å²) in [5.74, 6) is 1.29. The Hall–Kier alpha value is -3.59. The summed E-state index contributed by atoms with van der Waals surface area (Å²) >= 11 is 5.75. The van der Waals surface area contributed by atoms with Crippen molar-refractivity contribution in [2.24, 2.45) is 0 Å². The Morgan fingerprint density at radius 3 is 2.82 bits per heavy atom. The molecule has 4 rings (SSSR count). The van der Waals surface area contributed by atoms with Crippen LogP contribution in [0.15, 0.2) is 47.0 Å². The summed E-state index contributed by atoms with van der Waals surface area (Å²) in [6.07, 6.45) is 0. The van der Waals surface area contributed by atoms with Crippen LogP contribution in [0.4, 0.5) is 5.69 Å². The summed E-state index contributed by atoms with van der Waals surface area (Å²) in [6, 6.07) is 10.9. The van der Waals surface area contributed by atoms with Gasteiger partial charge in [-0.15, -0.1) is 0 Å². The van der Waals surface area contributed by atoms with Gasteiger partial charge in [0.2, 0.25) is 6.79 Å². The molecule has 0 saturated heterocycles. The number of fused-ring (bicyclic) bond motifs is 1. The third-order valence-corrected chi connectivity index (χ3v) is 4.37. The van der Waals surface area contributed by atoms with Crippen LogP contribution < -0.4 is 14.8 Å². The van der Waals surface area contributed by atoms with Gasteiger partial charge < -0.3 is 19.3 Å². The number of nitro benzene ring substituents is 1. The van der Waals surface area contributed by atoms with E-state index in [1.165, 1.54) is 12.1 Å². The zero-order valence-electron chi connectivity index (χ0n) is 14.2. The van der Waals surface area contributed by atoms with Gasteiger partial charge in [-0.05, 0) is 30.3 Å². The highest BCUT2D eigenvalue weighted by Crippen LogP contribution is 2.36. The quantitative estimate of drug-likeness (QED) is 0.513. The Kier molecular flexibility index (Phi) is 4.58. The average molecular weight is 402 g/mol. The molecule has 1 aromatic heterocycles. The molecule has 1 aliphatic heterocycles. The molecule has 28 heavy (non-hydrogen) atoms. The molecule has 0 fully saturated rings. The van der Waals surface area contributed by atoms with Crippen LogP contribution in [0.25, 0.3) is 11.3 Å². The van der Waals surface area contributed by atoms with Crippen LogP contribution in [0, 0.1) is 10.1 Å². The number of carbonyl (C=O) groups is 1. The molecule has 0 atom stereocenters. The van der Waals surface area contributed by atoms with E-state index in [0.717, 1.165) is 11.6 Å². The smallest absolute Gasteiger partial charge is 0.288 e. The van der Waals surface area contributed by atoms with Gasteiger partial charge in [0.1, 0.15) is 10.7 Å². The minimum absolute atomic E-state index is 0.0357. The lowest BCUT2D eigenvalue weighted by atomic mass is 10.1. The molecule has 1 N–H and O–H groups in total. The molecule has 142 valence electrons. The Morgan fingerprint density at radius 2 is 2.00 bits per heavy atom. The van der Waals surface area contributed by atoms with E-state index in [1.54, 1.807) is 18.2 Å². The molecule has 1 aliphatic rings. The highest BCUT2D eigenvalue weighted by atomic mass is 35.5. The van der Waals surface area contributed by atoms with Crippen molar-refractivity contribution in [2.75, 3.05) is 6.79 Å². The second kappa shape index (κ2) is 7.20. The molecule has 2 aromatic carbocycles. The number of nitro groups is 1. The van der Waals surface area contributed by atoms with Crippen LogP contribution in [0.3, 0.4) is 0 Å². The van der Waals surface area contributed by atoms with E-state index in [1.807, 2.05) is 6.07 Å².